The van der Waals surface area contributed by atoms with E-state index < -0.39 is 0 Å². The van der Waals surface area contributed by atoms with E-state index in [2.05, 4.69) is 13.8 Å². The molecular formula is C11H17ClO2. The van der Waals surface area contributed by atoms with Crippen LogP contribution in [0.25, 0.3) is 0 Å². The lowest BCUT2D eigenvalue weighted by molar-refractivity contribution is -0.145. The van der Waals surface area contributed by atoms with Gasteiger partial charge in [0.1, 0.15) is 0 Å². The van der Waals surface area contributed by atoms with Crippen LogP contribution >= 0.6 is 11.6 Å². The smallest absolute Gasteiger partial charge is 0.310 e. The number of carbonyl (C=O) groups is 1. The minimum absolute atomic E-state index is 0.00238. The molecule has 2 unspecified atom stereocenters. The highest BCUT2D eigenvalue weighted by Crippen LogP contribution is 2.59. The van der Waals surface area contributed by atoms with Crippen LogP contribution in [0.15, 0.2) is 11.1 Å². The number of rotatable bonds is 3. The third-order valence-electron chi connectivity index (χ3n) is 2.86. The number of halogens is 1. The van der Waals surface area contributed by atoms with E-state index in [4.69, 9.17) is 16.3 Å². The molecule has 1 rings (SSSR count). The zero-order chi connectivity index (χ0) is 10.9. The van der Waals surface area contributed by atoms with Gasteiger partial charge in [0.2, 0.25) is 0 Å². The summed E-state index contributed by atoms with van der Waals surface area (Å²) in [7, 11) is 0. The molecule has 0 amide bonds. The van der Waals surface area contributed by atoms with Gasteiger partial charge < -0.3 is 4.74 Å². The van der Waals surface area contributed by atoms with Gasteiger partial charge in [0.15, 0.2) is 0 Å². The zero-order valence-corrected chi connectivity index (χ0v) is 9.89. The maximum atomic E-state index is 11.5. The van der Waals surface area contributed by atoms with Gasteiger partial charge in [-0.2, -0.15) is 0 Å². The van der Waals surface area contributed by atoms with Gasteiger partial charge in [0.25, 0.3) is 0 Å². The van der Waals surface area contributed by atoms with Crippen LogP contribution < -0.4 is 0 Å². The van der Waals surface area contributed by atoms with Gasteiger partial charge in [-0.1, -0.05) is 31.5 Å². The van der Waals surface area contributed by atoms with E-state index in [1.54, 1.807) is 0 Å². The predicted molar refractivity (Wildman–Crippen MR) is 57.0 cm³/mol. The van der Waals surface area contributed by atoms with E-state index in [-0.39, 0.29) is 23.2 Å². The van der Waals surface area contributed by atoms with Crippen molar-refractivity contribution in [3.8, 4) is 0 Å². The fraction of sp³-hybridized carbons (Fsp3) is 0.727. The Bertz CT molecular complexity index is 264. The monoisotopic (exact) mass is 216 g/mol. The second-order valence-electron chi connectivity index (χ2n) is 4.33. The molecule has 0 saturated heterocycles. The summed E-state index contributed by atoms with van der Waals surface area (Å²) in [5, 5.41) is 0.745. The van der Waals surface area contributed by atoms with Gasteiger partial charge >= 0.3 is 5.97 Å². The Labute approximate surface area is 90.3 Å². The van der Waals surface area contributed by atoms with Gasteiger partial charge in [-0.25, -0.2) is 0 Å². The number of allylic oxidation sites excluding steroid dienone is 2. The number of hydrogen-bond donors (Lipinski definition) is 0. The minimum atomic E-state index is -0.100. The van der Waals surface area contributed by atoms with Crippen molar-refractivity contribution in [1.82, 2.24) is 0 Å². The maximum Gasteiger partial charge on any atom is 0.310 e. The normalized spacial score (nSPS) is 29.9. The molecule has 80 valence electrons. The van der Waals surface area contributed by atoms with E-state index in [1.165, 1.54) is 0 Å². The fourth-order valence-corrected chi connectivity index (χ4v) is 2.05. The SMILES string of the molecule is CCOC(=O)C1C(C=C(C)Cl)C1(C)C. The summed E-state index contributed by atoms with van der Waals surface area (Å²) in [6.45, 7) is 8.23. The molecule has 2 nitrogen and oxygen atoms in total. The Morgan fingerprint density at radius 1 is 1.57 bits per heavy atom. The number of hydrogen-bond acceptors (Lipinski definition) is 2. The molecule has 0 aromatic carbocycles. The standard InChI is InChI=1S/C11H17ClO2/c1-5-14-10(13)9-8(6-7(2)12)11(9,3)4/h6,8-9H,5H2,1-4H3. The van der Waals surface area contributed by atoms with Gasteiger partial charge in [0, 0.05) is 5.03 Å². The van der Waals surface area contributed by atoms with Crippen LogP contribution in [-0.4, -0.2) is 12.6 Å². The van der Waals surface area contributed by atoms with Crippen LogP contribution in [0, 0.1) is 17.3 Å². The molecular weight excluding hydrogens is 200 g/mol. The van der Waals surface area contributed by atoms with Crippen molar-refractivity contribution in [2.24, 2.45) is 17.3 Å². The lowest BCUT2D eigenvalue weighted by Gasteiger charge is -2.01. The summed E-state index contributed by atoms with van der Waals surface area (Å²) in [4.78, 5) is 11.5. The van der Waals surface area contributed by atoms with Crippen molar-refractivity contribution < 1.29 is 9.53 Å². The molecule has 0 radical (unpaired) electrons. The van der Waals surface area contributed by atoms with Crippen LogP contribution in [0.5, 0.6) is 0 Å². The summed E-state index contributed by atoms with van der Waals surface area (Å²) >= 11 is 5.80. The van der Waals surface area contributed by atoms with Crippen LogP contribution in [0.3, 0.4) is 0 Å². The van der Waals surface area contributed by atoms with E-state index in [1.807, 2.05) is 19.9 Å². The quantitative estimate of drug-likeness (QED) is 0.678. The zero-order valence-electron chi connectivity index (χ0n) is 9.13. The van der Waals surface area contributed by atoms with Gasteiger partial charge in [-0.15, -0.1) is 0 Å². The molecule has 0 N–H and O–H groups in total. The average molecular weight is 217 g/mol. The van der Waals surface area contributed by atoms with Crippen molar-refractivity contribution in [2.45, 2.75) is 27.7 Å². The molecule has 0 heterocycles. The van der Waals surface area contributed by atoms with Crippen molar-refractivity contribution in [2.75, 3.05) is 6.61 Å². The summed E-state index contributed by atoms with van der Waals surface area (Å²) in [5.74, 6) is 0.117. The predicted octanol–water partition coefficient (Wildman–Crippen LogP) is 2.96. The number of ether oxygens (including phenoxy) is 1. The first kappa shape index (κ1) is 11.6. The third-order valence-corrected chi connectivity index (χ3v) is 2.99. The Morgan fingerprint density at radius 2 is 2.14 bits per heavy atom. The Hall–Kier alpha value is -0.500. The first-order valence-corrected chi connectivity index (χ1v) is 5.29. The van der Waals surface area contributed by atoms with E-state index in [0.29, 0.717) is 6.61 Å². The van der Waals surface area contributed by atoms with Gasteiger partial charge in [0.05, 0.1) is 12.5 Å². The number of carbonyl (C=O) groups excluding carboxylic acids is 1. The second kappa shape index (κ2) is 3.93. The molecule has 0 spiro atoms. The molecule has 0 bridgehead atoms. The summed E-state index contributed by atoms with van der Waals surface area (Å²) in [5.41, 5.74) is 0.00238. The topological polar surface area (TPSA) is 26.3 Å². The highest BCUT2D eigenvalue weighted by atomic mass is 35.5. The minimum Gasteiger partial charge on any atom is -0.466 e. The number of esters is 1. The lowest BCUT2D eigenvalue weighted by Crippen LogP contribution is -2.10. The first-order chi connectivity index (χ1) is 6.41. The van der Waals surface area contributed by atoms with Gasteiger partial charge in [-0.3, -0.25) is 4.79 Å². The first-order valence-electron chi connectivity index (χ1n) is 4.91. The molecule has 0 aliphatic heterocycles. The second-order valence-corrected chi connectivity index (χ2v) is 4.93. The van der Waals surface area contributed by atoms with Gasteiger partial charge in [-0.05, 0) is 25.2 Å². The van der Waals surface area contributed by atoms with Crippen LogP contribution in [-0.2, 0) is 9.53 Å². The van der Waals surface area contributed by atoms with Crippen LogP contribution in [0.1, 0.15) is 27.7 Å². The molecule has 14 heavy (non-hydrogen) atoms. The lowest BCUT2D eigenvalue weighted by atomic mass is 10.1. The molecule has 1 aliphatic carbocycles. The highest BCUT2D eigenvalue weighted by Gasteiger charge is 2.61. The van der Waals surface area contributed by atoms with Crippen molar-refractivity contribution in [1.29, 1.82) is 0 Å². The van der Waals surface area contributed by atoms with Crippen molar-refractivity contribution >= 4 is 17.6 Å². The van der Waals surface area contributed by atoms with E-state index in [9.17, 15) is 4.79 Å². The van der Waals surface area contributed by atoms with E-state index >= 15 is 0 Å². The van der Waals surface area contributed by atoms with Crippen LogP contribution in [0.2, 0.25) is 0 Å². The van der Waals surface area contributed by atoms with E-state index in [0.717, 1.165) is 5.03 Å². The molecule has 2 atom stereocenters. The Morgan fingerprint density at radius 3 is 2.57 bits per heavy atom. The largest absolute Gasteiger partial charge is 0.466 e. The van der Waals surface area contributed by atoms with Crippen molar-refractivity contribution in [3.05, 3.63) is 11.1 Å². The molecule has 1 aliphatic rings. The summed E-state index contributed by atoms with van der Waals surface area (Å²) in [6, 6.07) is 0. The summed E-state index contributed by atoms with van der Waals surface area (Å²) < 4.78 is 5.00. The third kappa shape index (κ3) is 2.11. The fourth-order valence-electron chi connectivity index (χ4n) is 1.92. The van der Waals surface area contributed by atoms with Crippen LogP contribution in [0.4, 0.5) is 0 Å². The maximum absolute atomic E-state index is 11.5. The Balaban J connectivity index is 2.66. The molecule has 0 aromatic rings. The molecule has 0 aromatic heterocycles. The molecule has 3 heteroatoms. The Kier molecular flexibility index (Phi) is 3.25. The highest BCUT2D eigenvalue weighted by molar-refractivity contribution is 6.29. The average Bonchev–Trinajstić information content (AvgIpc) is 2.52. The molecule has 1 fully saturated rings. The summed E-state index contributed by atoms with van der Waals surface area (Å²) in [6.07, 6.45) is 1.95. The molecule has 1 saturated carbocycles. The van der Waals surface area contributed by atoms with Crippen molar-refractivity contribution in [3.63, 3.8) is 0 Å².